The lowest BCUT2D eigenvalue weighted by atomic mass is 9.98. The van der Waals surface area contributed by atoms with E-state index >= 15 is 0 Å². The highest BCUT2D eigenvalue weighted by Gasteiger charge is 2.30. The van der Waals surface area contributed by atoms with Crippen LogP contribution in [0.5, 0.6) is 0 Å². The van der Waals surface area contributed by atoms with Gasteiger partial charge in [0.25, 0.3) is 0 Å². The van der Waals surface area contributed by atoms with Crippen LogP contribution in [-0.4, -0.2) is 22.0 Å². The minimum absolute atomic E-state index is 0.0204. The molecule has 2 aromatic rings. The lowest BCUT2D eigenvalue weighted by Gasteiger charge is -2.13. The Labute approximate surface area is 151 Å². The highest BCUT2D eigenvalue weighted by atomic mass is 32.1. The van der Waals surface area contributed by atoms with E-state index in [0.29, 0.717) is 5.01 Å². The van der Waals surface area contributed by atoms with Gasteiger partial charge in [0.2, 0.25) is 5.91 Å². The van der Waals surface area contributed by atoms with Crippen LogP contribution in [0.3, 0.4) is 0 Å². The Bertz CT molecular complexity index is 839. The van der Waals surface area contributed by atoms with Crippen molar-refractivity contribution < 1.29 is 27.9 Å². The number of carboxylic acid groups (broad SMARTS) is 1. The third-order valence-corrected chi connectivity index (χ3v) is 4.85. The SMILES string of the molecule is CC(C)(C)c1nc(CC(=O)Nc2cccc(C(F)(F)F)c2)c(C(=O)O)s1. The first kappa shape index (κ1) is 19.9. The van der Waals surface area contributed by atoms with Crippen molar-refractivity contribution in [1.29, 1.82) is 0 Å². The van der Waals surface area contributed by atoms with Crippen LogP contribution in [0.4, 0.5) is 18.9 Å². The molecule has 1 amide bonds. The van der Waals surface area contributed by atoms with E-state index in [0.717, 1.165) is 23.5 Å². The molecule has 0 fully saturated rings. The number of aromatic carboxylic acids is 1. The minimum Gasteiger partial charge on any atom is -0.477 e. The van der Waals surface area contributed by atoms with Gasteiger partial charge in [-0.3, -0.25) is 4.79 Å². The highest BCUT2D eigenvalue weighted by molar-refractivity contribution is 7.13. The van der Waals surface area contributed by atoms with Crippen LogP contribution in [0.15, 0.2) is 24.3 Å². The van der Waals surface area contributed by atoms with Crippen molar-refractivity contribution in [3.8, 4) is 0 Å². The minimum atomic E-state index is -4.52. The average Bonchev–Trinajstić information content (AvgIpc) is 2.90. The molecule has 2 N–H and O–H groups in total. The smallest absolute Gasteiger partial charge is 0.416 e. The number of anilines is 1. The summed E-state index contributed by atoms with van der Waals surface area (Å²) in [6.07, 6.45) is -4.86. The Morgan fingerprint density at radius 2 is 1.88 bits per heavy atom. The van der Waals surface area contributed by atoms with E-state index in [2.05, 4.69) is 10.3 Å². The van der Waals surface area contributed by atoms with Gasteiger partial charge in [-0.25, -0.2) is 9.78 Å². The number of rotatable bonds is 4. The second kappa shape index (κ2) is 7.06. The van der Waals surface area contributed by atoms with Crippen molar-refractivity contribution in [1.82, 2.24) is 4.98 Å². The van der Waals surface area contributed by atoms with E-state index in [1.807, 2.05) is 20.8 Å². The van der Waals surface area contributed by atoms with Gasteiger partial charge >= 0.3 is 12.1 Å². The number of carbonyl (C=O) groups is 2. The number of aromatic nitrogens is 1. The molecule has 1 heterocycles. The molecular weight excluding hydrogens is 369 g/mol. The van der Waals surface area contributed by atoms with Crippen molar-refractivity contribution in [2.24, 2.45) is 0 Å². The first-order valence-corrected chi connectivity index (χ1v) is 8.40. The van der Waals surface area contributed by atoms with E-state index in [4.69, 9.17) is 0 Å². The van der Waals surface area contributed by atoms with E-state index in [-0.39, 0.29) is 28.1 Å². The summed E-state index contributed by atoms with van der Waals surface area (Å²) in [5.41, 5.74) is -1.19. The molecule has 9 heteroatoms. The molecule has 0 aliphatic rings. The van der Waals surface area contributed by atoms with Crippen LogP contribution in [0.1, 0.15) is 46.7 Å². The molecule has 26 heavy (non-hydrogen) atoms. The molecule has 0 aliphatic carbocycles. The van der Waals surface area contributed by atoms with Crippen LogP contribution in [0.2, 0.25) is 0 Å². The van der Waals surface area contributed by atoms with Crippen molar-refractivity contribution in [3.05, 3.63) is 45.4 Å². The van der Waals surface area contributed by atoms with Gasteiger partial charge in [-0.1, -0.05) is 26.8 Å². The molecule has 0 saturated carbocycles. The number of hydrogen-bond donors (Lipinski definition) is 2. The van der Waals surface area contributed by atoms with E-state index in [1.165, 1.54) is 12.1 Å². The summed E-state index contributed by atoms with van der Waals surface area (Å²) in [5, 5.41) is 12.2. The number of carbonyl (C=O) groups excluding carboxylic acids is 1. The van der Waals surface area contributed by atoms with Crippen molar-refractivity contribution in [2.75, 3.05) is 5.32 Å². The van der Waals surface area contributed by atoms with Crippen LogP contribution >= 0.6 is 11.3 Å². The standard InChI is InChI=1S/C17H17F3N2O3S/c1-16(2,3)15-22-11(13(26-15)14(24)25)8-12(23)21-10-6-4-5-9(7-10)17(18,19)20/h4-7H,8H2,1-3H3,(H,21,23)(H,24,25). The number of alkyl halides is 3. The van der Waals surface area contributed by atoms with Gasteiger partial charge in [0.05, 0.1) is 22.7 Å². The number of hydrogen-bond acceptors (Lipinski definition) is 4. The van der Waals surface area contributed by atoms with Gasteiger partial charge in [0, 0.05) is 11.1 Å². The normalized spacial score (nSPS) is 12.1. The number of carboxylic acids is 1. The summed E-state index contributed by atoms with van der Waals surface area (Å²) >= 11 is 0.989. The molecule has 0 atom stereocenters. The summed E-state index contributed by atoms with van der Waals surface area (Å²) < 4.78 is 38.2. The van der Waals surface area contributed by atoms with Gasteiger partial charge in [-0.15, -0.1) is 11.3 Å². The molecule has 0 aliphatic heterocycles. The molecule has 1 aromatic carbocycles. The summed E-state index contributed by atoms with van der Waals surface area (Å²) in [7, 11) is 0. The first-order chi connectivity index (χ1) is 11.9. The number of amides is 1. The predicted molar refractivity (Wildman–Crippen MR) is 91.6 cm³/mol. The Kier molecular flexibility index (Phi) is 5.41. The third kappa shape index (κ3) is 4.81. The Hall–Kier alpha value is -2.42. The summed E-state index contributed by atoms with van der Waals surface area (Å²) in [6, 6.07) is 4.22. The van der Waals surface area contributed by atoms with Gasteiger partial charge in [0.1, 0.15) is 4.88 Å². The van der Waals surface area contributed by atoms with Gasteiger partial charge in [-0.05, 0) is 18.2 Å². The summed E-state index contributed by atoms with van der Waals surface area (Å²) in [5.74, 6) is -1.84. The molecule has 2 rings (SSSR count). The maximum atomic E-state index is 12.7. The van der Waals surface area contributed by atoms with Crippen molar-refractivity contribution in [3.63, 3.8) is 0 Å². The summed E-state index contributed by atoms with van der Waals surface area (Å²) in [6.45, 7) is 5.60. The fraction of sp³-hybridized carbons (Fsp3) is 0.353. The van der Waals surface area contributed by atoms with Crippen LogP contribution < -0.4 is 5.32 Å². The lowest BCUT2D eigenvalue weighted by molar-refractivity contribution is -0.137. The zero-order valence-corrected chi connectivity index (χ0v) is 15.1. The van der Waals surface area contributed by atoms with Gasteiger partial charge < -0.3 is 10.4 Å². The quantitative estimate of drug-likeness (QED) is 0.819. The molecule has 0 radical (unpaired) electrons. The molecular formula is C17H17F3N2O3S. The van der Waals surface area contributed by atoms with Crippen LogP contribution in [0, 0.1) is 0 Å². The van der Waals surface area contributed by atoms with E-state index in [9.17, 15) is 27.9 Å². The second-order valence-corrected chi connectivity index (χ2v) is 7.65. The maximum absolute atomic E-state index is 12.7. The molecule has 0 bridgehead atoms. The fourth-order valence-corrected chi connectivity index (χ4v) is 3.07. The Balaban J connectivity index is 2.20. The maximum Gasteiger partial charge on any atom is 0.416 e. The highest BCUT2D eigenvalue weighted by Crippen LogP contribution is 2.31. The van der Waals surface area contributed by atoms with Gasteiger partial charge in [0.15, 0.2) is 0 Å². The molecule has 0 saturated heterocycles. The number of thiazole rings is 1. The molecule has 5 nitrogen and oxygen atoms in total. The van der Waals surface area contributed by atoms with Crippen molar-refractivity contribution in [2.45, 2.75) is 38.8 Å². The molecule has 140 valence electrons. The first-order valence-electron chi connectivity index (χ1n) is 7.58. The fourth-order valence-electron chi connectivity index (χ4n) is 2.09. The zero-order chi connectivity index (χ0) is 19.7. The predicted octanol–water partition coefficient (Wildman–Crippen LogP) is 4.34. The topological polar surface area (TPSA) is 79.3 Å². The third-order valence-electron chi connectivity index (χ3n) is 3.33. The van der Waals surface area contributed by atoms with E-state index in [1.54, 1.807) is 0 Å². The zero-order valence-electron chi connectivity index (χ0n) is 14.3. The molecule has 0 unspecified atom stereocenters. The van der Waals surface area contributed by atoms with E-state index < -0.39 is 23.6 Å². The lowest BCUT2D eigenvalue weighted by Crippen LogP contribution is -2.17. The largest absolute Gasteiger partial charge is 0.477 e. The van der Waals surface area contributed by atoms with Gasteiger partial charge in [-0.2, -0.15) is 13.2 Å². The molecule has 0 spiro atoms. The average molecular weight is 386 g/mol. The number of halogens is 3. The Morgan fingerprint density at radius 3 is 2.42 bits per heavy atom. The van der Waals surface area contributed by atoms with Crippen LogP contribution in [-0.2, 0) is 22.8 Å². The second-order valence-electron chi connectivity index (χ2n) is 6.65. The Morgan fingerprint density at radius 1 is 1.23 bits per heavy atom. The monoisotopic (exact) mass is 386 g/mol. The number of nitrogens with one attached hydrogen (secondary N) is 1. The number of benzene rings is 1. The molecule has 1 aromatic heterocycles. The number of nitrogens with zero attached hydrogens (tertiary/aromatic N) is 1. The van der Waals surface area contributed by atoms with Crippen LogP contribution in [0.25, 0.3) is 0 Å². The summed E-state index contributed by atoms with van der Waals surface area (Å²) in [4.78, 5) is 27.7. The van der Waals surface area contributed by atoms with Crippen molar-refractivity contribution >= 4 is 28.9 Å².